The lowest BCUT2D eigenvalue weighted by Crippen LogP contribution is -2.19. The summed E-state index contributed by atoms with van der Waals surface area (Å²) in [5.74, 6) is -0.119. The first-order chi connectivity index (χ1) is 11.6. The van der Waals surface area contributed by atoms with Crippen molar-refractivity contribution in [3.63, 3.8) is 0 Å². The van der Waals surface area contributed by atoms with E-state index < -0.39 is 0 Å². The number of carbonyl (C=O) groups is 1. The minimum absolute atomic E-state index is 0.119. The van der Waals surface area contributed by atoms with Crippen LogP contribution in [-0.2, 0) is 4.79 Å². The zero-order valence-electron chi connectivity index (χ0n) is 13.0. The Morgan fingerprint density at radius 1 is 1.12 bits per heavy atom. The molecule has 5 heteroatoms. The predicted octanol–water partition coefficient (Wildman–Crippen LogP) is 5.29. The molecular weight excluding hydrogens is 384 g/mol. The molecule has 0 saturated carbocycles. The van der Waals surface area contributed by atoms with Gasteiger partial charge in [-0.05, 0) is 64.0 Å². The molecule has 0 radical (unpaired) electrons. The highest BCUT2D eigenvalue weighted by Gasteiger charge is 2.23. The average Bonchev–Trinajstić information content (AvgIpc) is 2.90. The number of hydrogen-bond acceptors (Lipinski definition) is 3. The molecule has 2 aromatic rings. The first-order valence-electron chi connectivity index (χ1n) is 7.39. The second-order valence-electron chi connectivity index (χ2n) is 5.23. The number of hydrogen-bond donors (Lipinski definition) is 1. The molecule has 0 spiro atoms. The SMILES string of the molecule is CC(=C/c1ccccc1)/C=C1/SC(=Nc2ccccc2Br)NC1=O. The van der Waals surface area contributed by atoms with Gasteiger partial charge in [-0.3, -0.25) is 4.79 Å². The van der Waals surface area contributed by atoms with Crippen molar-refractivity contribution in [2.45, 2.75) is 6.92 Å². The number of thioether (sulfide) groups is 1. The van der Waals surface area contributed by atoms with Crippen LogP contribution in [0.2, 0.25) is 0 Å². The van der Waals surface area contributed by atoms with E-state index in [2.05, 4.69) is 26.2 Å². The molecule has 3 nitrogen and oxygen atoms in total. The summed E-state index contributed by atoms with van der Waals surface area (Å²) in [6.45, 7) is 1.98. The molecule has 0 aromatic heterocycles. The summed E-state index contributed by atoms with van der Waals surface area (Å²) in [4.78, 5) is 17.3. The summed E-state index contributed by atoms with van der Waals surface area (Å²) < 4.78 is 0.893. The van der Waals surface area contributed by atoms with Crippen LogP contribution in [0.25, 0.3) is 6.08 Å². The molecule has 0 bridgehead atoms. The molecule has 1 saturated heterocycles. The summed E-state index contributed by atoms with van der Waals surface area (Å²) in [6.07, 6.45) is 3.93. The number of rotatable bonds is 3. The molecule has 1 aliphatic heterocycles. The van der Waals surface area contributed by atoms with Gasteiger partial charge in [-0.2, -0.15) is 0 Å². The summed E-state index contributed by atoms with van der Waals surface area (Å²) in [7, 11) is 0. The van der Waals surface area contributed by atoms with Crippen molar-refractivity contribution in [2.75, 3.05) is 0 Å². The molecule has 1 aliphatic rings. The molecule has 1 heterocycles. The Morgan fingerprint density at radius 2 is 1.83 bits per heavy atom. The van der Waals surface area contributed by atoms with Crippen molar-refractivity contribution < 1.29 is 4.79 Å². The smallest absolute Gasteiger partial charge is 0.264 e. The van der Waals surface area contributed by atoms with Gasteiger partial charge >= 0.3 is 0 Å². The number of halogens is 1. The van der Waals surface area contributed by atoms with Gasteiger partial charge in [0.2, 0.25) is 0 Å². The summed E-state index contributed by atoms with van der Waals surface area (Å²) in [5.41, 5.74) is 2.91. The van der Waals surface area contributed by atoms with Crippen molar-refractivity contribution in [3.05, 3.63) is 81.2 Å². The maximum Gasteiger partial charge on any atom is 0.264 e. The van der Waals surface area contributed by atoms with E-state index in [1.165, 1.54) is 11.8 Å². The predicted molar refractivity (Wildman–Crippen MR) is 105 cm³/mol. The molecular formula is C19H15BrN2OS. The number of carbonyl (C=O) groups excluding carboxylic acids is 1. The molecule has 1 amide bonds. The molecule has 24 heavy (non-hydrogen) atoms. The lowest BCUT2D eigenvalue weighted by Gasteiger charge is -1.98. The number of allylic oxidation sites excluding steroid dienone is 2. The Hall–Kier alpha value is -2.11. The molecule has 1 fully saturated rings. The number of amidine groups is 1. The largest absolute Gasteiger partial charge is 0.300 e. The van der Waals surface area contributed by atoms with Crippen molar-refractivity contribution in [1.82, 2.24) is 5.32 Å². The van der Waals surface area contributed by atoms with Gasteiger partial charge in [-0.1, -0.05) is 48.5 Å². The van der Waals surface area contributed by atoms with Crippen LogP contribution in [0.3, 0.4) is 0 Å². The third kappa shape index (κ3) is 4.24. The Kier molecular flexibility index (Phi) is 5.33. The highest BCUT2D eigenvalue weighted by atomic mass is 79.9. The molecule has 120 valence electrons. The van der Waals surface area contributed by atoms with Crippen LogP contribution in [0.1, 0.15) is 12.5 Å². The molecule has 2 aromatic carbocycles. The Morgan fingerprint density at radius 3 is 2.58 bits per heavy atom. The van der Waals surface area contributed by atoms with Crippen LogP contribution >= 0.6 is 27.7 Å². The standard InChI is InChI=1S/C19H15BrN2OS/c1-13(11-14-7-3-2-4-8-14)12-17-18(23)22-19(24-17)21-16-10-6-5-9-15(16)20/h2-12H,1H3,(H,21,22,23)/b13-11-,17-12+. The van der Waals surface area contributed by atoms with Gasteiger partial charge in [-0.25, -0.2) is 4.99 Å². The topological polar surface area (TPSA) is 41.5 Å². The van der Waals surface area contributed by atoms with Gasteiger partial charge in [0.25, 0.3) is 5.91 Å². The number of nitrogens with zero attached hydrogens (tertiary/aromatic N) is 1. The third-order valence-electron chi connectivity index (χ3n) is 3.28. The lowest BCUT2D eigenvalue weighted by atomic mass is 10.1. The van der Waals surface area contributed by atoms with Gasteiger partial charge in [0.15, 0.2) is 5.17 Å². The van der Waals surface area contributed by atoms with Crippen molar-refractivity contribution in [1.29, 1.82) is 0 Å². The maximum absolute atomic E-state index is 12.1. The van der Waals surface area contributed by atoms with Gasteiger partial charge in [-0.15, -0.1) is 0 Å². The van der Waals surface area contributed by atoms with Gasteiger partial charge in [0, 0.05) is 4.47 Å². The first kappa shape index (κ1) is 16.7. The maximum atomic E-state index is 12.1. The monoisotopic (exact) mass is 398 g/mol. The summed E-state index contributed by atoms with van der Waals surface area (Å²) in [6, 6.07) is 17.7. The zero-order chi connectivity index (χ0) is 16.9. The van der Waals surface area contributed by atoms with E-state index in [9.17, 15) is 4.79 Å². The molecule has 0 unspecified atom stereocenters. The van der Waals surface area contributed by atoms with E-state index in [1.807, 2.05) is 73.7 Å². The number of nitrogens with one attached hydrogen (secondary N) is 1. The fourth-order valence-electron chi connectivity index (χ4n) is 2.19. The fourth-order valence-corrected chi connectivity index (χ4v) is 3.45. The fraction of sp³-hybridized carbons (Fsp3) is 0.0526. The molecule has 0 atom stereocenters. The average molecular weight is 399 g/mol. The Bertz CT molecular complexity index is 857. The van der Waals surface area contributed by atoms with E-state index in [0.29, 0.717) is 10.1 Å². The van der Waals surface area contributed by atoms with Crippen molar-refractivity contribution in [3.8, 4) is 0 Å². The van der Waals surface area contributed by atoms with Crippen LogP contribution in [-0.4, -0.2) is 11.1 Å². The highest BCUT2D eigenvalue weighted by Crippen LogP contribution is 2.30. The molecule has 1 N–H and O–H groups in total. The zero-order valence-corrected chi connectivity index (χ0v) is 15.4. The van der Waals surface area contributed by atoms with E-state index >= 15 is 0 Å². The van der Waals surface area contributed by atoms with Gasteiger partial charge in [0.05, 0.1) is 10.6 Å². The normalized spacial score (nSPS) is 18.2. The van der Waals surface area contributed by atoms with E-state index in [1.54, 1.807) is 0 Å². The van der Waals surface area contributed by atoms with E-state index in [0.717, 1.165) is 21.3 Å². The number of para-hydroxylation sites is 1. The minimum Gasteiger partial charge on any atom is -0.300 e. The van der Waals surface area contributed by atoms with Crippen LogP contribution in [0.15, 0.2) is 80.6 Å². The van der Waals surface area contributed by atoms with Crippen LogP contribution in [0.5, 0.6) is 0 Å². The van der Waals surface area contributed by atoms with Crippen LogP contribution < -0.4 is 5.32 Å². The third-order valence-corrected chi connectivity index (χ3v) is 4.86. The molecule has 0 aliphatic carbocycles. The number of aliphatic imine (C=N–C) groups is 1. The second kappa shape index (κ2) is 7.64. The molecule has 3 rings (SSSR count). The van der Waals surface area contributed by atoms with Gasteiger partial charge in [0.1, 0.15) is 0 Å². The van der Waals surface area contributed by atoms with Gasteiger partial charge < -0.3 is 5.32 Å². The van der Waals surface area contributed by atoms with Crippen LogP contribution in [0, 0.1) is 0 Å². The Labute approximate surface area is 153 Å². The number of benzene rings is 2. The summed E-state index contributed by atoms with van der Waals surface area (Å²) >= 11 is 4.81. The van der Waals surface area contributed by atoms with Crippen molar-refractivity contribution in [2.24, 2.45) is 4.99 Å². The Balaban J connectivity index is 1.80. The van der Waals surface area contributed by atoms with Crippen LogP contribution in [0.4, 0.5) is 5.69 Å². The van der Waals surface area contributed by atoms with Crippen molar-refractivity contribution >= 4 is 50.5 Å². The quantitative estimate of drug-likeness (QED) is 0.713. The second-order valence-corrected chi connectivity index (χ2v) is 7.12. The van der Waals surface area contributed by atoms with E-state index in [4.69, 9.17) is 0 Å². The lowest BCUT2D eigenvalue weighted by molar-refractivity contribution is -0.115. The number of amides is 1. The minimum atomic E-state index is -0.119. The van der Waals surface area contributed by atoms with E-state index in [-0.39, 0.29) is 5.91 Å². The first-order valence-corrected chi connectivity index (χ1v) is 9.00. The summed E-state index contributed by atoms with van der Waals surface area (Å²) in [5, 5.41) is 3.40. The highest BCUT2D eigenvalue weighted by molar-refractivity contribution is 9.10.